The first-order valence-electron chi connectivity index (χ1n) is 12.0. The molecule has 0 saturated heterocycles. The van der Waals surface area contributed by atoms with Crippen LogP contribution in [0, 0.1) is 0 Å². The molecule has 7 nitrogen and oxygen atoms in total. The van der Waals surface area contributed by atoms with E-state index in [-0.39, 0.29) is 35.8 Å². The second-order valence-corrected chi connectivity index (χ2v) is 9.20. The minimum absolute atomic E-state index is 0. The Labute approximate surface area is 246 Å². The van der Waals surface area contributed by atoms with Gasteiger partial charge in [0, 0.05) is 48.4 Å². The van der Waals surface area contributed by atoms with Crippen LogP contribution in [0.5, 0.6) is 5.75 Å². The standard InChI is InChI=1S/C27H32Cl2N4O.2ClH.2H2O/c1-34-23-19-20-9-8-15-30-25(20)27-24(23)26(21-10-4-5-11-22(21)32-27)31-14-6-2-3-7-16-33(17-12-28)18-13-29;;;;/h4-5,8-11,15,19H,2-3,6-7,12-14,16-18H2,1H3,(H,31,32);2*1H;2*1H2. The largest absolute Gasteiger partial charge is 0.496 e. The second kappa shape index (κ2) is 18.4. The van der Waals surface area contributed by atoms with Gasteiger partial charge in [-0.3, -0.25) is 4.98 Å². The third-order valence-corrected chi connectivity index (χ3v) is 6.55. The van der Waals surface area contributed by atoms with Crippen molar-refractivity contribution in [1.82, 2.24) is 14.9 Å². The summed E-state index contributed by atoms with van der Waals surface area (Å²) in [6.07, 6.45) is 6.45. The van der Waals surface area contributed by atoms with Crippen molar-refractivity contribution in [3.8, 4) is 5.75 Å². The number of unbranched alkanes of at least 4 members (excludes halogenated alkanes) is 3. The zero-order chi connectivity index (χ0) is 23.8. The van der Waals surface area contributed by atoms with E-state index in [0.717, 1.165) is 76.7 Å². The third kappa shape index (κ3) is 8.58. The first-order chi connectivity index (χ1) is 16.8. The number of pyridine rings is 2. The van der Waals surface area contributed by atoms with Gasteiger partial charge in [0.25, 0.3) is 0 Å². The van der Waals surface area contributed by atoms with Gasteiger partial charge in [-0.1, -0.05) is 37.1 Å². The van der Waals surface area contributed by atoms with Gasteiger partial charge in [0.2, 0.25) is 0 Å². The minimum atomic E-state index is 0. The van der Waals surface area contributed by atoms with Crippen LogP contribution < -0.4 is 10.1 Å². The van der Waals surface area contributed by atoms with Crippen LogP contribution in [0.1, 0.15) is 25.7 Å². The van der Waals surface area contributed by atoms with Crippen molar-refractivity contribution >= 4 is 86.4 Å². The molecule has 0 saturated carbocycles. The number of para-hydroxylation sites is 1. The summed E-state index contributed by atoms with van der Waals surface area (Å²) >= 11 is 11.8. The van der Waals surface area contributed by atoms with E-state index in [9.17, 15) is 0 Å². The van der Waals surface area contributed by atoms with Crippen molar-refractivity contribution in [2.45, 2.75) is 25.7 Å². The summed E-state index contributed by atoms with van der Waals surface area (Å²) in [5.74, 6) is 2.13. The van der Waals surface area contributed by atoms with Gasteiger partial charge < -0.3 is 25.9 Å². The summed E-state index contributed by atoms with van der Waals surface area (Å²) < 4.78 is 5.82. The molecule has 0 bridgehead atoms. The Kier molecular flexibility index (Phi) is 17.6. The number of fused-ring (bicyclic) bond motifs is 4. The highest BCUT2D eigenvalue weighted by Crippen LogP contribution is 2.40. The van der Waals surface area contributed by atoms with Crippen LogP contribution in [0.3, 0.4) is 0 Å². The number of anilines is 1. The lowest BCUT2D eigenvalue weighted by molar-refractivity contribution is 0.299. The molecule has 4 aromatic rings. The number of rotatable bonds is 13. The van der Waals surface area contributed by atoms with Gasteiger partial charge >= 0.3 is 0 Å². The molecule has 11 heteroatoms. The molecule has 0 fully saturated rings. The van der Waals surface area contributed by atoms with Gasteiger partial charge in [-0.15, -0.1) is 48.0 Å². The summed E-state index contributed by atoms with van der Waals surface area (Å²) in [6, 6.07) is 14.3. The third-order valence-electron chi connectivity index (χ3n) is 6.21. The van der Waals surface area contributed by atoms with Crippen molar-refractivity contribution in [2.75, 3.05) is 50.4 Å². The fraction of sp³-hybridized carbons (Fsp3) is 0.407. The highest BCUT2D eigenvalue weighted by Gasteiger charge is 2.17. The van der Waals surface area contributed by atoms with E-state index < -0.39 is 0 Å². The number of benzene rings is 2. The molecular weight excluding hydrogens is 570 g/mol. The topological polar surface area (TPSA) is 113 Å². The van der Waals surface area contributed by atoms with Crippen LogP contribution in [-0.4, -0.2) is 70.9 Å². The maximum atomic E-state index is 5.90. The summed E-state index contributed by atoms with van der Waals surface area (Å²) in [7, 11) is 1.72. The molecule has 0 radical (unpaired) electrons. The maximum Gasteiger partial charge on any atom is 0.131 e. The SMILES string of the molecule is COc1cc2cccnc2c2nc3ccccc3c(NCCCCCCN(CCCl)CCCl)c12.Cl.Cl.O.O. The van der Waals surface area contributed by atoms with Gasteiger partial charge in [-0.25, -0.2) is 4.98 Å². The number of nitrogens with one attached hydrogen (secondary N) is 1. The molecule has 0 aliphatic rings. The van der Waals surface area contributed by atoms with E-state index in [1.54, 1.807) is 7.11 Å². The molecule has 0 amide bonds. The molecule has 0 aliphatic carbocycles. The highest BCUT2D eigenvalue weighted by atomic mass is 35.5. The predicted molar refractivity (Wildman–Crippen MR) is 168 cm³/mol. The lowest BCUT2D eigenvalue weighted by Crippen LogP contribution is -2.28. The molecule has 2 aromatic heterocycles. The Balaban J connectivity index is 0.00000342. The van der Waals surface area contributed by atoms with Crippen molar-refractivity contribution in [3.63, 3.8) is 0 Å². The lowest BCUT2D eigenvalue weighted by atomic mass is 10.0. The van der Waals surface area contributed by atoms with Crippen LogP contribution in [0.15, 0.2) is 48.7 Å². The number of alkyl halides is 2. The number of ether oxygens (including phenoxy) is 1. The normalized spacial score (nSPS) is 10.4. The Bertz CT molecular complexity index is 1240. The smallest absolute Gasteiger partial charge is 0.131 e. The zero-order valence-corrected chi connectivity index (χ0v) is 24.7. The van der Waals surface area contributed by atoms with E-state index in [2.05, 4.69) is 45.5 Å². The Morgan fingerprint density at radius 3 is 2.29 bits per heavy atom. The van der Waals surface area contributed by atoms with E-state index in [1.807, 2.05) is 18.3 Å². The number of methoxy groups -OCH3 is 1. The Morgan fingerprint density at radius 1 is 0.868 bits per heavy atom. The minimum Gasteiger partial charge on any atom is -0.496 e. The number of nitrogens with zero attached hydrogens (tertiary/aromatic N) is 3. The summed E-state index contributed by atoms with van der Waals surface area (Å²) in [5, 5.41) is 6.83. The van der Waals surface area contributed by atoms with E-state index in [0.29, 0.717) is 11.8 Å². The van der Waals surface area contributed by atoms with Gasteiger partial charge in [-0.2, -0.15) is 0 Å². The summed E-state index contributed by atoms with van der Waals surface area (Å²) in [6.45, 7) is 3.76. The Hall–Kier alpha value is -1.84. The average molecular weight is 608 g/mol. The number of aromatic nitrogens is 2. The molecule has 2 aromatic carbocycles. The highest BCUT2D eigenvalue weighted by molar-refractivity contribution is 6.18. The predicted octanol–water partition coefficient (Wildman–Crippen LogP) is 5.89. The molecule has 0 unspecified atom stereocenters. The maximum absolute atomic E-state index is 5.90. The fourth-order valence-electron chi connectivity index (χ4n) is 4.52. The van der Waals surface area contributed by atoms with Crippen LogP contribution in [0.25, 0.3) is 32.7 Å². The molecule has 0 atom stereocenters. The molecule has 2 heterocycles. The van der Waals surface area contributed by atoms with Crippen LogP contribution >= 0.6 is 48.0 Å². The van der Waals surface area contributed by atoms with Gasteiger partial charge in [0.1, 0.15) is 11.3 Å². The number of hydrogen-bond acceptors (Lipinski definition) is 5. The quantitative estimate of drug-likeness (QED) is 0.0881. The van der Waals surface area contributed by atoms with Crippen LogP contribution in [0.2, 0.25) is 0 Å². The number of halogens is 4. The summed E-state index contributed by atoms with van der Waals surface area (Å²) in [4.78, 5) is 12.0. The van der Waals surface area contributed by atoms with Gasteiger partial charge in [-0.05, 0) is 37.6 Å². The van der Waals surface area contributed by atoms with E-state index in [1.165, 1.54) is 19.3 Å². The Morgan fingerprint density at radius 2 is 1.58 bits per heavy atom. The fourth-order valence-corrected chi connectivity index (χ4v) is 4.99. The van der Waals surface area contributed by atoms with Crippen LogP contribution in [-0.2, 0) is 0 Å². The first kappa shape index (κ1) is 36.2. The van der Waals surface area contributed by atoms with Crippen molar-refractivity contribution in [3.05, 3.63) is 48.7 Å². The van der Waals surface area contributed by atoms with Crippen LogP contribution in [0.4, 0.5) is 5.69 Å². The lowest BCUT2D eigenvalue weighted by Gasteiger charge is -2.19. The molecule has 212 valence electrons. The molecular formula is C27H38Cl4N4O3. The zero-order valence-electron chi connectivity index (χ0n) is 21.5. The molecule has 38 heavy (non-hydrogen) atoms. The number of hydrogen-bond donors (Lipinski definition) is 1. The molecule has 0 spiro atoms. The van der Waals surface area contributed by atoms with Crippen molar-refractivity contribution in [1.29, 1.82) is 0 Å². The first-order valence-corrected chi connectivity index (χ1v) is 13.1. The monoisotopic (exact) mass is 606 g/mol. The van der Waals surface area contributed by atoms with Gasteiger partial charge in [0.15, 0.2) is 0 Å². The molecule has 5 N–H and O–H groups in total. The van der Waals surface area contributed by atoms with Crippen molar-refractivity contribution in [2.24, 2.45) is 0 Å². The summed E-state index contributed by atoms with van der Waals surface area (Å²) in [5.41, 5.74) is 3.79. The van der Waals surface area contributed by atoms with E-state index >= 15 is 0 Å². The molecule has 4 rings (SSSR count). The average Bonchev–Trinajstić information content (AvgIpc) is 2.87. The van der Waals surface area contributed by atoms with Crippen molar-refractivity contribution < 1.29 is 15.7 Å². The van der Waals surface area contributed by atoms with E-state index in [4.69, 9.17) is 32.9 Å². The van der Waals surface area contributed by atoms with Gasteiger partial charge in [0.05, 0.1) is 29.2 Å². The second-order valence-electron chi connectivity index (χ2n) is 8.44. The molecule has 0 aliphatic heterocycles.